The second-order valence-corrected chi connectivity index (χ2v) is 4.93. The number of hydrogen-bond donors (Lipinski definition) is 1. The normalized spacial score (nSPS) is 12.8. The third-order valence-corrected chi connectivity index (χ3v) is 4.22. The van der Waals surface area contributed by atoms with Crippen LogP contribution in [0.3, 0.4) is 0 Å². The third kappa shape index (κ3) is 2.20. The van der Waals surface area contributed by atoms with Gasteiger partial charge in [0, 0.05) is 5.56 Å². The van der Waals surface area contributed by atoms with Crippen LogP contribution in [-0.2, 0) is 0 Å². The summed E-state index contributed by atoms with van der Waals surface area (Å²) in [6.45, 7) is 1.79. The molecule has 1 N–H and O–H groups in total. The molecule has 5 heteroatoms. The number of aliphatic hydroxyl groups is 1. The molecule has 2 aromatic rings. The van der Waals surface area contributed by atoms with Crippen LogP contribution in [0.4, 0.5) is 8.78 Å². The zero-order valence-corrected chi connectivity index (χ0v) is 10.4. The van der Waals surface area contributed by atoms with Crippen molar-refractivity contribution in [2.75, 3.05) is 0 Å². The van der Waals surface area contributed by atoms with Gasteiger partial charge in [0.25, 0.3) is 0 Å². The van der Waals surface area contributed by atoms with E-state index in [2.05, 4.69) is 0 Å². The van der Waals surface area contributed by atoms with Crippen molar-refractivity contribution >= 4 is 22.9 Å². The quantitative estimate of drug-likeness (QED) is 0.875. The maximum atomic E-state index is 13.5. The highest BCUT2D eigenvalue weighted by Gasteiger charge is 2.21. The fraction of sp³-hybridized carbons (Fsp3) is 0.167. The number of aliphatic hydroxyl groups excluding tert-OH is 1. The fourth-order valence-electron chi connectivity index (χ4n) is 1.51. The molecule has 17 heavy (non-hydrogen) atoms. The monoisotopic (exact) mass is 274 g/mol. The number of thiophene rings is 1. The minimum absolute atomic E-state index is 0.103. The second-order valence-electron chi connectivity index (χ2n) is 3.64. The van der Waals surface area contributed by atoms with Gasteiger partial charge in [-0.1, -0.05) is 23.7 Å². The number of aryl methyl sites for hydroxylation is 1. The first-order valence-electron chi connectivity index (χ1n) is 4.88. The first-order valence-corrected chi connectivity index (χ1v) is 6.13. The lowest BCUT2D eigenvalue weighted by Crippen LogP contribution is -2.03. The zero-order chi connectivity index (χ0) is 12.6. The predicted octanol–water partition coefficient (Wildman–Crippen LogP) is 4.07. The Balaban J connectivity index is 2.47. The number of hydrogen-bond acceptors (Lipinski definition) is 2. The molecule has 0 aliphatic heterocycles. The molecule has 2 rings (SSSR count). The van der Waals surface area contributed by atoms with Crippen LogP contribution in [0.25, 0.3) is 0 Å². The smallest absolute Gasteiger partial charge is 0.164 e. The van der Waals surface area contributed by atoms with Crippen molar-refractivity contribution < 1.29 is 13.9 Å². The molecule has 1 aromatic heterocycles. The Labute approximate surface area is 106 Å². The number of rotatable bonds is 2. The van der Waals surface area contributed by atoms with Crippen LogP contribution < -0.4 is 0 Å². The second kappa shape index (κ2) is 4.72. The average Bonchev–Trinajstić information content (AvgIpc) is 2.63. The van der Waals surface area contributed by atoms with E-state index in [1.165, 1.54) is 23.5 Å². The van der Waals surface area contributed by atoms with Gasteiger partial charge in [-0.3, -0.25) is 0 Å². The zero-order valence-electron chi connectivity index (χ0n) is 8.88. The molecule has 1 atom stereocenters. The third-order valence-electron chi connectivity index (χ3n) is 2.45. The molecule has 1 aromatic carbocycles. The highest BCUT2D eigenvalue weighted by Crippen LogP contribution is 2.36. The number of benzene rings is 1. The van der Waals surface area contributed by atoms with E-state index in [0.29, 0.717) is 9.90 Å². The van der Waals surface area contributed by atoms with Crippen LogP contribution in [0.1, 0.15) is 22.1 Å². The molecule has 0 aliphatic carbocycles. The fourth-order valence-corrected chi connectivity index (χ4v) is 2.81. The topological polar surface area (TPSA) is 20.2 Å². The highest BCUT2D eigenvalue weighted by molar-refractivity contribution is 7.10. The maximum absolute atomic E-state index is 13.5. The molecular weight excluding hydrogens is 266 g/mol. The summed E-state index contributed by atoms with van der Waals surface area (Å²) >= 11 is 7.20. The van der Waals surface area contributed by atoms with E-state index in [9.17, 15) is 13.9 Å². The molecule has 0 aliphatic rings. The molecule has 0 fully saturated rings. The average molecular weight is 275 g/mol. The molecule has 0 bridgehead atoms. The van der Waals surface area contributed by atoms with Crippen LogP contribution in [0.5, 0.6) is 0 Å². The van der Waals surface area contributed by atoms with E-state index < -0.39 is 17.7 Å². The van der Waals surface area contributed by atoms with Gasteiger partial charge in [0.05, 0.1) is 9.90 Å². The van der Waals surface area contributed by atoms with Crippen LogP contribution in [0.15, 0.2) is 23.6 Å². The summed E-state index contributed by atoms with van der Waals surface area (Å²) < 4.78 is 26.5. The van der Waals surface area contributed by atoms with Gasteiger partial charge in [0.2, 0.25) is 0 Å². The van der Waals surface area contributed by atoms with Gasteiger partial charge >= 0.3 is 0 Å². The van der Waals surface area contributed by atoms with Gasteiger partial charge in [-0.05, 0) is 23.9 Å². The summed E-state index contributed by atoms with van der Waals surface area (Å²) in [5, 5.41) is 12.2. The molecule has 0 amide bonds. The summed E-state index contributed by atoms with van der Waals surface area (Å²) in [5.41, 5.74) is 0.705. The Bertz CT molecular complexity index is 553. The summed E-state index contributed by atoms with van der Waals surface area (Å²) in [6.07, 6.45) is -1.24. The molecule has 0 radical (unpaired) electrons. The molecule has 1 unspecified atom stereocenters. The Morgan fingerprint density at radius 2 is 2.06 bits per heavy atom. The number of halogens is 3. The predicted molar refractivity (Wildman–Crippen MR) is 64.5 cm³/mol. The van der Waals surface area contributed by atoms with Gasteiger partial charge in [-0.25, -0.2) is 8.78 Å². The molecular formula is C12H9ClF2OS. The van der Waals surface area contributed by atoms with Crippen molar-refractivity contribution in [2.24, 2.45) is 0 Å². The molecule has 0 saturated carbocycles. The van der Waals surface area contributed by atoms with Crippen molar-refractivity contribution in [3.8, 4) is 0 Å². The van der Waals surface area contributed by atoms with Crippen LogP contribution in [0, 0.1) is 18.6 Å². The van der Waals surface area contributed by atoms with Crippen molar-refractivity contribution in [1.82, 2.24) is 0 Å². The summed E-state index contributed by atoms with van der Waals surface area (Å²) in [5.74, 6) is -2.02. The summed E-state index contributed by atoms with van der Waals surface area (Å²) in [6, 6.07) is 3.70. The van der Waals surface area contributed by atoms with Crippen LogP contribution in [-0.4, -0.2) is 5.11 Å². The standard InChI is InChI=1S/C12H9ClF2OS/c1-6-5-17-12(9(6)13)11(16)7-3-2-4-8(14)10(7)15/h2-5,11,16H,1H3. The molecule has 1 heterocycles. The molecule has 0 spiro atoms. The Hall–Kier alpha value is -0.970. The van der Waals surface area contributed by atoms with Gasteiger partial charge in [0.15, 0.2) is 11.6 Å². The van der Waals surface area contributed by atoms with Crippen LogP contribution in [0.2, 0.25) is 5.02 Å². The maximum Gasteiger partial charge on any atom is 0.164 e. The van der Waals surface area contributed by atoms with Gasteiger partial charge in [-0.2, -0.15) is 0 Å². The van der Waals surface area contributed by atoms with E-state index in [1.54, 1.807) is 12.3 Å². The minimum Gasteiger partial charge on any atom is -0.383 e. The van der Waals surface area contributed by atoms with Crippen molar-refractivity contribution in [3.63, 3.8) is 0 Å². The first kappa shape index (κ1) is 12.5. The van der Waals surface area contributed by atoms with E-state index in [0.717, 1.165) is 11.6 Å². The van der Waals surface area contributed by atoms with Crippen LogP contribution >= 0.6 is 22.9 Å². The Kier molecular flexibility index (Phi) is 3.47. The summed E-state index contributed by atoms with van der Waals surface area (Å²) in [4.78, 5) is 0.425. The first-order chi connectivity index (χ1) is 8.02. The molecule has 90 valence electrons. The largest absolute Gasteiger partial charge is 0.383 e. The SMILES string of the molecule is Cc1csc(C(O)c2cccc(F)c2F)c1Cl. The van der Waals surface area contributed by atoms with Crippen molar-refractivity contribution in [2.45, 2.75) is 13.0 Å². The Morgan fingerprint density at radius 3 is 2.65 bits per heavy atom. The molecule has 0 saturated heterocycles. The van der Waals surface area contributed by atoms with Gasteiger partial charge in [0.1, 0.15) is 6.10 Å². The summed E-state index contributed by atoms with van der Waals surface area (Å²) in [7, 11) is 0. The minimum atomic E-state index is -1.24. The lowest BCUT2D eigenvalue weighted by atomic mass is 10.1. The van der Waals surface area contributed by atoms with Crippen molar-refractivity contribution in [1.29, 1.82) is 0 Å². The van der Waals surface area contributed by atoms with E-state index >= 15 is 0 Å². The Morgan fingerprint density at radius 1 is 1.35 bits per heavy atom. The van der Waals surface area contributed by atoms with E-state index in [4.69, 9.17) is 11.6 Å². The molecule has 1 nitrogen and oxygen atoms in total. The highest BCUT2D eigenvalue weighted by atomic mass is 35.5. The van der Waals surface area contributed by atoms with E-state index in [-0.39, 0.29) is 5.56 Å². The van der Waals surface area contributed by atoms with Crippen molar-refractivity contribution in [3.05, 3.63) is 56.2 Å². The van der Waals surface area contributed by atoms with Gasteiger partial charge in [-0.15, -0.1) is 11.3 Å². The van der Waals surface area contributed by atoms with Gasteiger partial charge < -0.3 is 5.11 Å². The lowest BCUT2D eigenvalue weighted by molar-refractivity contribution is 0.217. The lowest BCUT2D eigenvalue weighted by Gasteiger charge is -2.11. The van der Waals surface area contributed by atoms with E-state index in [1.807, 2.05) is 0 Å².